The number of anilines is 2. The van der Waals surface area contributed by atoms with Gasteiger partial charge in [0.2, 0.25) is 5.95 Å². The first-order chi connectivity index (χ1) is 17.7. The summed E-state index contributed by atoms with van der Waals surface area (Å²) in [5, 5.41) is 4.44. The molecule has 0 spiro atoms. The Morgan fingerprint density at radius 1 is 1.03 bits per heavy atom. The van der Waals surface area contributed by atoms with Crippen LogP contribution in [0.5, 0.6) is 0 Å². The lowest BCUT2D eigenvalue weighted by molar-refractivity contribution is 0.386. The topological polar surface area (TPSA) is 80.3 Å². The van der Waals surface area contributed by atoms with Crippen LogP contribution in [0.25, 0.3) is 11.2 Å². The van der Waals surface area contributed by atoms with E-state index in [9.17, 15) is 9.59 Å². The van der Waals surface area contributed by atoms with Gasteiger partial charge in [-0.3, -0.25) is 18.5 Å². The Morgan fingerprint density at radius 2 is 1.70 bits per heavy atom. The summed E-state index contributed by atoms with van der Waals surface area (Å²) in [5.41, 5.74) is 1.79. The van der Waals surface area contributed by atoms with Gasteiger partial charge in [0.15, 0.2) is 16.3 Å². The molecule has 1 fully saturated rings. The van der Waals surface area contributed by atoms with Crippen molar-refractivity contribution >= 4 is 67.7 Å². The van der Waals surface area contributed by atoms with Gasteiger partial charge in [0, 0.05) is 44.7 Å². The maximum absolute atomic E-state index is 13.2. The van der Waals surface area contributed by atoms with Crippen molar-refractivity contribution < 1.29 is 0 Å². The molecular formula is C25H25BrClN7O2S. The van der Waals surface area contributed by atoms with Crippen LogP contribution < -0.4 is 21.5 Å². The monoisotopic (exact) mass is 601 g/mol. The second kappa shape index (κ2) is 10.3. The fourth-order valence-corrected chi connectivity index (χ4v) is 5.20. The van der Waals surface area contributed by atoms with E-state index in [1.807, 2.05) is 53.1 Å². The lowest BCUT2D eigenvalue weighted by Gasteiger charge is -2.37. The smallest absolute Gasteiger partial charge is 0.332 e. The molecule has 2 aromatic heterocycles. The van der Waals surface area contributed by atoms with E-state index >= 15 is 0 Å². The molecule has 1 aliphatic rings. The van der Waals surface area contributed by atoms with Gasteiger partial charge < -0.3 is 15.1 Å². The Hall–Kier alpha value is -3.15. The minimum Gasteiger partial charge on any atom is -0.345 e. The summed E-state index contributed by atoms with van der Waals surface area (Å²) in [6, 6.07) is 15.4. The van der Waals surface area contributed by atoms with Crippen LogP contribution >= 0.6 is 39.7 Å². The number of aromatic nitrogens is 4. The van der Waals surface area contributed by atoms with Crippen LogP contribution in [-0.2, 0) is 20.6 Å². The lowest BCUT2D eigenvalue weighted by atomic mass is 10.2. The molecule has 37 heavy (non-hydrogen) atoms. The van der Waals surface area contributed by atoms with Gasteiger partial charge in [-0.15, -0.1) is 0 Å². The number of nitrogens with one attached hydrogen (secondary N) is 1. The summed E-state index contributed by atoms with van der Waals surface area (Å²) < 4.78 is 5.44. The maximum atomic E-state index is 13.2. The number of imidazole rings is 1. The first kappa shape index (κ1) is 25.5. The number of piperazine rings is 1. The van der Waals surface area contributed by atoms with E-state index in [2.05, 4.69) is 31.0 Å². The number of nitrogens with zero attached hydrogens (tertiary/aromatic N) is 6. The van der Waals surface area contributed by atoms with E-state index in [-0.39, 0.29) is 5.56 Å². The first-order valence-corrected chi connectivity index (χ1v) is 13.3. The first-order valence-electron chi connectivity index (χ1n) is 11.7. The highest BCUT2D eigenvalue weighted by Gasteiger charge is 2.26. The number of thiocarbonyl (C=S) groups is 1. The molecule has 3 heterocycles. The maximum Gasteiger partial charge on any atom is 0.332 e. The predicted molar refractivity (Wildman–Crippen MR) is 155 cm³/mol. The van der Waals surface area contributed by atoms with Crippen LogP contribution in [-0.4, -0.2) is 54.9 Å². The molecule has 4 aromatic rings. The molecule has 0 atom stereocenters. The largest absolute Gasteiger partial charge is 0.345 e. The van der Waals surface area contributed by atoms with Crippen molar-refractivity contribution in [3.63, 3.8) is 0 Å². The molecule has 12 heteroatoms. The third kappa shape index (κ3) is 4.90. The van der Waals surface area contributed by atoms with Gasteiger partial charge in [-0.2, -0.15) is 4.98 Å². The van der Waals surface area contributed by atoms with Crippen molar-refractivity contribution in [3.05, 3.63) is 84.4 Å². The number of para-hydroxylation sites is 1. The zero-order valence-corrected chi connectivity index (χ0v) is 23.5. The predicted octanol–water partition coefficient (Wildman–Crippen LogP) is 3.42. The molecule has 0 bridgehead atoms. The highest BCUT2D eigenvalue weighted by Crippen LogP contribution is 2.24. The summed E-state index contributed by atoms with van der Waals surface area (Å²) in [6.07, 6.45) is 0. The quantitative estimate of drug-likeness (QED) is 0.359. The molecule has 1 saturated heterocycles. The summed E-state index contributed by atoms with van der Waals surface area (Å²) >= 11 is 15.4. The van der Waals surface area contributed by atoms with Crippen LogP contribution in [0.15, 0.2) is 62.6 Å². The van der Waals surface area contributed by atoms with Gasteiger partial charge in [-0.25, -0.2) is 4.79 Å². The molecular weight excluding hydrogens is 578 g/mol. The average Bonchev–Trinajstić information content (AvgIpc) is 3.28. The number of fused-ring (bicyclic) bond motifs is 1. The minimum absolute atomic E-state index is 0.363. The number of rotatable bonds is 4. The standard InChI is InChI=1S/C25H25BrClN7O2S/c1-30-21-20(22(35)31(2)25(30)36)34(15-16-7-9-17(26)10-8-16)23(29-21)32-11-13-33(14-12-32)24(37)28-19-6-4-3-5-18(19)27/h3-10H,11-15H2,1-2H3,(H,28,37). The van der Waals surface area contributed by atoms with Crippen molar-refractivity contribution in [3.8, 4) is 0 Å². The highest BCUT2D eigenvalue weighted by molar-refractivity contribution is 9.10. The molecule has 192 valence electrons. The number of halogens is 2. The highest BCUT2D eigenvalue weighted by atomic mass is 79.9. The number of hydrogen-bond acceptors (Lipinski definition) is 5. The molecule has 0 unspecified atom stereocenters. The Balaban J connectivity index is 1.46. The molecule has 0 saturated carbocycles. The number of hydrogen-bond donors (Lipinski definition) is 1. The summed E-state index contributed by atoms with van der Waals surface area (Å²) in [6.45, 7) is 3.05. The van der Waals surface area contributed by atoms with Gasteiger partial charge in [-0.05, 0) is 42.0 Å². The van der Waals surface area contributed by atoms with Crippen LogP contribution in [0.3, 0.4) is 0 Å². The molecule has 1 aliphatic heterocycles. The molecule has 2 aromatic carbocycles. The Morgan fingerprint density at radius 3 is 2.38 bits per heavy atom. The van der Waals surface area contributed by atoms with Crippen LogP contribution in [0, 0.1) is 0 Å². The summed E-state index contributed by atoms with van der Waals surface area (Å²) in [4.78, 5) is 34.9. The van der Waals surface area contributed by atoms with Crippen LogP contribution in [0.2, 0.25) is 5.02 Å². The fourth-order valence-electron chi connectivity index (χ4n) is 4.46. The van der Waals surface area contributed by atoms with Crippen molar-refractivity contribution in [1.29, 1.82) is 0 Å². The molecule has 9 nitrogen and oxygen atoms in total. The van der Waals surface area contributed by atoms with E-state index in [1.165, 1.54) is 11.6 Å². The second-order valence-corrected chi connectivity index (χ2v) is 10.6. The van der Waals surface area contributed by atoms with Crippen molar-refractivity contribution in [2.45, 2.75) is 6.54 Å². The van der Waals surface area contributed by atoms with E-state index in [0.717, 1.165) is 20.3 Å². The van der Waals surface area contributed by atoms with E-state index in [0.29, 0.717) is 60.0 Å². The number of benzene rings is 2. The van der Waals surface area contributed by atoms with E-state index < -0.39 is 5.69 Å². The number of aryl methyl sites for hydroxylation is 1. The minimum atomic E-state index is -0.404. The van der Waals surface area contributed by atoms with E-state index in [1.54, 1.807) is 7.05 Å². The zero-order chi connectivity index (χ0) is 26.3. The molecule has 0 radical (unpaired) electrons. The van der Waals surface area contributed by atoms with Gasteiger partial charge in [0.1, 0.15) is 0 Å². The third-order valence-corrected chi connectivity index (χ3v) is 7.77. The molecule has 1 N–H and O–H groups in total. The third-order valence-electron chi connectivity index (χ3n) is 6.55. The van der Waals surface area contributed by atoms with E-state index in [4.69, 9.17) is 28.8 Å². The normalized spacial score (nSPS) is 13.8. The van der Waals surface area contributed by atoms with Gasteiger partial charge in [-0.1, -0.05) is 51.8 Å². The SMILES string of the molecule is Cn1c(=O)c2c(nc(N3CCN(C(=S)Nc4ccccc4Cl)CC3)n2Cc2ccc(Br)cc2)n(C)c1=O. The van der Waals surface area contributed by atoms with Crippen molar-refractivity contribution in [2.24, 2.45) is 14.1 Å². The summed E-state index contributed by atoms with van der Waals surface area (Å²) in [5.74, 6) is 0.654. The van der Waals surface area contributed by atoms with Crippen LogP contribution in [0.4, 0.5) is 11.6 Å². The van der Waals surface area contributed by atoms with Crippen molar-refractivity contribution in [1.82, 2.24) is 23.6 Å². The molecule has 5 rings (SSSR count). The Labute approximate surface area is 232 Å². The van der Waals surface area contributed by atoms with Gasteiger partial charge in [0.25, 0.3) is 5.56 Å². The Kier molecular flexibility index (Phi) is 7.11. The van der Waals surface area contributed by atoms with Crippen LogP contribution in [0.1, 0.15) is 5.56 Å². The second-order valence-electron chi connectivity index (χ2n) is 8.89. The fraction of sp³-hybridized carbons (Fsp3) is 0.280. The average molecular weight is 603 g/mol. The summed E-state index contributed by atoms with van der Waals surface area (Å²) in [7, 11) is 3.13. The zero-order valence-electron chi connectivity index (χ0n) is 20.3. The van der Waals surface area contributed by atoms with Gasteiger partial charge >= 0.3 is 5.69 Å². The molecule has 0 aliphatic carbocycles. The Bertz CT molecular complexity index is 1600. The lowest BCUT2D eigenvalue weighted by Crippen LogP contribution is -2.50. The molecule has 0 amide bonds. The van der Waals surface area contributed by atoms with Crippen molar-refractivity contribution in [2.75, 3.05) is 36.4 Å². The van der Waals surface area contributed by atoms with Gasteiger partial charge in [0.05, 0.1) is 17.3 Å².